The van der Waals surface area contributed by atoms with Crippen LogP contribution in [0.25, 0.3) is 11.5 Å². The fraction of sp³-hybridized carbons (Fsp3) is 0.296. The van der Waals surface area contributed by atoms with E-state index in [1.165, 1.54) is 24.8 Å². The van der Waals surface area contributed by atoms with E-state index < -0.39 is 17.3 Å². The van der Waals surface area contributed by atoms with Gasteiger partial charge in [0, 0.05) is 5.56 Å². The Hall–Kier alpha value is -3.47. The largest absolute Gasteiger partial charge is 0.481 e. The first-order valence-electron chi connectivity index (χ1n) is 11.3. The average molecular weight is 427 g/mol. The molecule has 5 nitrogen and oxygen atoms in total. The Morgan fingerprint density at radius 3 is 2.31 bits per heavy atom. The van der Waals surface area contributed by atoms with Gasteiger partial charge in [0.2, 0.25) is 11.8 Å². The molecule has 0 amide bonds. The lowest BCUT2D eigenvalue weighted by atomic mass is 9.70. The molecule has 3 aromatic rings. The predicted molar refractivity (Wildman–Crippen MR) is 122 cm³/mol. The van der Waals surface area contributed by atoms with Gasteiger partial charge >= 0.3 is 5.97 Å². The number of aromatic nitrogens is 2. The van der Waals surface area contributed by atoms with Crippen LogP contribution in [-0.4, -0.2) is 21.3 Å². The Labute approximate surface area is 187 Å². The first-order valence-corrected chi connectivity index (χ1v) is 11.3. The number of rotatable bonds is 5. The zero-order valence-electron chi connectivity index (χ0n) is 17.9. The van der Waals surface area contributed by atoms with E-state index in [1.807, 2.05) is 48.6 Å². The molecule has 2 aromatic carbocycles. The minimum Gasteiger partial charge on any atom is -0.481 e. The zero-order valence-corrected chi connectivity index (χ0v) is 17.9. The van der Waals surface area contributed by atoms with Crippen molar-refractivity contribution in [2.45, 2.75) is 43.4 Å². The summed E-state index contributed by atoms with van der Waals surface area (Å²) in [6.45, 7) is 0. The lowest BCUT2D eigenvalue weighted by molar-refractivity contribution is -0.138. The third kappa shape index (κ3) is 3.68. The van der Waals surface area contributed by atoms with Crippen molar-refractivity contribution >= 4 is 5.97 Å². The van der Waals surface area contributed by atoms with Crippen molar-refractivity contribution in [1.82, 2.24) is 10.2 Å². The Morgan fingerprint density at radius 1 is 0.906 bits per heavy atom. The second-order valence-corrected chi connectivity index (χ2v) is 8.65. The SMILES string of the molecule is O=C(O)C1C=CC(c2nnc(-c3ccccc3)o2)(c2ccccc2C2CCCCC2)C=C1. The maximum atomic E-state index is 11.6. The zero-order chi connectivity index (χ0) is 22.0. The Balaban J connectivity index is 1.64. The van der Waals surface area contributed by atoms with Crippen LogP contribution in [0, 0.1) is 5.92 Å². The van der Waals surface area contributed by atoms with Gasteiger partial charge in [0.1, 0.15) is 5.41 Å². The van der Waals surface area contributed by atoms with Crippen molar-refractivity contribution in [2.24, 2.45) is 5.92 Å². The van der Waals surface area contributed by atoms with E-state index in [2.05, 4.69) is 28.4 Å². The van der Waals surface area contributed by atoms with Crippen LogP contribution in [0.3, 0.4) is 0 Å². The molecule has 5 heteroatoms. The van der Waals surface area contributed by atoms with Gasteiger partial charge in [0.25, 0.3) is 0 Å². The summed E-state index contributed by atoms with van der Waals surface area (Å²) in [5.74, 6) is -0.149. The molecule has 162 valence electrons. The van der Waals surface area contributed by atoms with Crippen molar-refractivity contribution in [2.75, 3.05) is 0 Å². The van der Waals surface area contributed by atoms with Gasteiger partial charge in [-0.25, -0.2) is 0 Å². The number of allylic oxidation sites excluding steroid dienone is 2. The second kappa shape index (κ2) is 8.58. The molecule has 0 aliphatic heterocycles. The van der Waals surface area contributed by atoms with Gasteiger partial charge in [0.05, 0.1) is 5.92 Å². The van der Waals surface area contributed by atoms with E-state index in [-0.39, 0.29) is 0 Å². The molecule has 2 aliphatic carbocycles. The molecule has 1 N–H and O–H groups in total. The van der Waals surface area contributed by atoms with Gasteiger partial charge in [-0.05, 0) is 42.0 Å². The number of carbonyl (C=O) groups is 1. The lowest BCUT2D eigenvalue weighted by Gasteiger charge is -2.33. The molecule has 0 atom stereocenters. The maximum absolute atomic E-state index is 11.6. The molecule has 32 heavy (non-hydrogen) atoms. The van der Waals surface area contributed by atoms with E-state index in [0.717, 1.165) is 24.0 Å². The van der Waals surface area contributed by atoms with Gasteiger partial charge in [-0.2, -0.15) is 0 Å². The predicted octanol–water partition coefficient (Wildman–Crippen LogP) is 5.90. The van der Waals surface area contributed by atoms with Gasteiger partial charge in [0.15, 0.2) is 0 Å². The molecule has 5 rings (SSSR count). The summed E-state index contributed by atoms with van der Waals surface area (Å²) in [6, 6.07) is 18.1. The topological polar surface area (TPSA) is 76.2 Å². The molecule has 1 saturated carbocycles. The first kappa shape index (κ1) is 20.4. The number of benzene rings is 2. The van der Waals surface area contributed by atoms with Crippen LogP contribution >= 0.6 is 0 Å². The third-order valence-corrected chi connectivity index (χ3v) is 6.67. The van der Waals surface area contributed by atoms with Crippen molar-refractivity contribution in [1.29, 1.82) is 0 Å². The summed E-state index contributed by atoms with van der Waals surface area (Å²) in [5.41, 5.74) is 2.44. The molecular weight excluding hydrogens is 400 g/mol. The number of carboxylic acids is 1. The maximum Gasteiger partial charge on any atom is 0.314 e. The summed E-state index contributed by atoms with van der Waals surface area (Å²) in [5, 5.41) is 18.3. The average Bonchev–Trinajstić information content (AvgIpc) is 3.36. The molecule has 0 radical (unpaired) electrons. The van der Waals surface area contributed by atoms with Crippen LogP contribution in [0.4, 0.5) is 0 Å². The van der Waals surface area contributed by atoms with Crippen LogP contribution in [0.15, 0.2) is 83.3 Å². The highest BCUT2D eigenvalue weighted by molar-refractivity contribution is 5.75. The Morgan fingerprint density at radius 2 is 1.59 bits per heavy atom. The Bertz CT molecular complexity index is 1140. The molecule has 1 fully saturated rings. The van der Waals surface area contributed by atoms with Crippen LogP contribution in [-0.2, 0) is 10.2 Å². The molecule has 0 spiro atoms. The fourth-order valence-corrected chi connectivity index (χ4v) is 4.96. The van der Waals surface area contributed by atoms with E-state index in [0.29, 0.717) is 17.7 Å². The van der Waals surface area contributed by atoms with E-state index >= 15 is 0 Å². The van der Waals surface area contributed by atoms with Crippen LogP contribution in [0.5, 0.6) is 0 Å². The fourth-order valence-electron chi connectivity index (χ4n) is 4.96. The van der Waals surface area contributed by atoms with Crippen LogP contribution in [0.1, 0.15) is 55.0 Å². The van der Waals surface area contributed by atoms with Gasteiger partial charge in [-0.3, -0.25) is 4.79 Å². The van der Waals surface area contributed by atoms with Crippen LogP contribution in [0.2, 0.25) is 0 Å². The van der Waals surface area contributed by atoms with Crippen molar-refractivity contribution in [3.8, 4) is 11.5 Å². The van der Waals surface area contributed by atoms with E-state index in [4.69, 9.17) is 4.42 Å². The Kier molecular flexibility index (Phi) is 5.48. The molecule has 2 aliphatic rings. The summed E-state index contributed by atoms with van der Waals surface area (Å²) in [6.07, 6.45) is 13.4. The first-order chi connectivity index (χ1) is 15.7. The quantitative estimate of drug-likeness (QED) is 0.514. The highest BCUT2D eigenvalue weighted by atomic mass is 16.4. The molecule has 0 saturated heterocycles. The molecule has 1 aromatic heterocycles. The summed E-state index contributed by atoms with van der Waals surface area (Å²) >= 11 is 0. The van der Waals surface area contributed by atoms with Gasteiger partial charge in [-0.15, -0.1) is 10.2 Å². The molecule has 1 heterocycles. The number of carboxylic acid groups (broad SMARTS) is 1. The third-order valence-electron chi connectivity index (χ3n) is 6.67. The standard InChI is InChI=1S/C27H26N2O3/c30-25(31)21-15-17-27(18-16-21,26-29-28-24(32-26)20-11-5-2-6-12-20)23-14-8-7-13-22(23)19-9-3-1-4-10-19/h2,5-8,11-19,21H,1,3-4,9-10H2,(H,30,31). The van der Waals surface area contributed by atoms with E-state index in [9.17, 15) is 9.90 Å². The van der Waals surface area contributed by atoms with Crippen molar-refractivity contribution in [3.63, 3.8) is 0 Å². The normalized spacial score (nSPS) is 23.3. The summed E-state index contributed by atoms with van der Waals surface area (Å²) in [4.78, 5) is 11.6. The number of nitrogens with zero attached hydrogens (tertiary/aromatic N) is 2. The monoisotopic (exact) mass is 426 g/mol. The summed E-state index contributed by atoms with van der Waals surface area (Å²) in [7, 11) is 0. The van der Waals surface area contributed by atoms with Gasteiger partial charge in [-0.1, -0.05) is 86.0 Å². The molecule has 0 unspecified atom stereocenters. The van der Waals surface area contributed by atoms with Crippen LogP contribution < -0.4 is 0 Å². The highest BCUT2D eigenvalue weighted by Gasteiger charge is 2.40. The lowest BCUT2D eigenvalue weighted by Crippen LogP contribution is -2.29. The smallest absolute Gasteiger partial charge is 0.314 e. The number of hydrogen-bond acceptors (Lipinski definition) is 4. The van der Waals surface area contributed by atoms with Gasteiger partial charge < -0.3 is 9.52 Å². The number of aliphatic carboxylic acids is 1. The molecule has 0 bridgehead atoms. The summed E-state index contributed by atoms with van der Waals surface area (Å²) < 4.78 is 6.23. The number of hydrogen-bond donors (Lipinski definition) is 1. The van der Waals surface area contributed by atoms with Crippen molar-refractivity contribution < 1.29 is 14.3 Å². The van der Waals surface area contributed by atoms with Crippen molar-refractivity contribution in [3.05, 3.63) is 95.9 Å². The minimum atomic E-state index is -0.873. The second-order valence-electron chi connectivity index (χ2n) is 8.65. The highest BCUT2D eigenvalue weighted by Crippen LogP contribution is 2.44. The van der Waals surface area contributed by atoms with E-state index in [1.54, 1.807) is 12.2 Å². The molecular formula is C27H26N2O3. The minimum absolute atomic E-state index is 0.455.